The summed E-state index contributed by atoms with van der Waals surface area (Å²) in [7, 11) is 0. The molecule has 240 valence electrons. The number of carbonyl (C=O) groups excluding carboxylic acids is 2. The lowest BCUT2D eigenvalue weighted by Gasteiger charge is -2.48. The molecule has 2 fully saturated rings. The summed E-state index contributed by atoms with van der Waals surface area (Å²) >= 11 is 0. The van der Waals surface area contributed by atoms with Crippen LogP contribution in [0.4, 0.5) is 5.82 Å². The minimum Gasteiger partial charge on any atom is -0.511 e. The van der Waals surface area contributed by atoms with Gasteiger partial charge in [0.25, 0.3) is 0 Å². The number of benzene rings is 1. The van der Waals surface area contributed by atoms with Crippen LogP contribution in [0.25, 0.3) is 0 Å². The summed E-state index contributed by atoms with van der Waals surface area (Å²) in [6.07, 6.45) is 5.03. The standard InChI is InChI=1S/C34H40N2O9/c35-26-16-19(10-12-36-26)9-11-34(43)31(41)25(17-37)45-33(32(34)42)44-24-8-4-7-21-28(24)30(40)27-22(29(21)39)14-20(15-23(27)38)13-18-5-2-1-3-6-18/h4,7-8,10,12,14-16,18,22,25,27,31-33,37-38,41-43H,1-3,5-6,9,11,13,17H2,(H2,35,36). The molecule has 1 saturated carbocycles. The van der Waals surface area contributed by atoms with Crippen molar-refractivity contribution in [1.29, 1.82) is 0 Å². The molecule has 7 unspecified atom stereocenters. The number of nitrogens with zero attached hydrogens (tertiary/aromatic N) is 1. The molecule has 1 aliphatic heterocycles. The highest BCUT2D eigenvalue weighted by atomic mass is 16.7. The van der Waals surface area contributed by atoms with E-state index >= 15 is 0 Å². The van der Waals surface area contributed by atoms with E-state index < -0.39 is 54.4 Å². The molecule has 7 N–H and O–H groups in total. The highest BCUT2D eigenvalue weighted by Gasteiger charge is 2.56. The molecule has 7 atom stereocenters. The van der Waals surface area contributed by atoms with Gasteiger partial charge in [0, 0.05) is 11.8 Å². The Bertz CT molecular complexity index is 1520. The average molecular weight is 621 g/mol. The zero-order chi connectivity index (χ0) is 31.9. The molecule has 0 amide bonds. The zero-order valence-electron chi connectivity index (χ0n) is 24.9. The van der Waals surface area contributed by atoms with Crippen molar-refractivity contribution in [3.05, 3.63) is 76.7 Å². The Labute approximate surface area is 261 Å². The van der Waals surface area contributed by atoms with E-state index in [1.54, 1.807) is 24.3 Å². The maximum atomic E-state index is 13.9. The smallest absolute Gasteiger partial charge is 0.229 e. The van der Waals surface area contributed by atoms with Gasteiger partial charge in [-0.25, -0.2) is 4.98 Å². The molecule has 4 aliphatic rings. The third-order valence-electron chi connectivity index (χ3n) is 9.80. The van der Waals surface area contributed by atoms with Crippen molar-refractivity contribution in [2.24, 2.45) is 17.8 Å². The topological polar surface area (TPSA) is 193 Å². The summed E-state index contributed by atoms with van der Waals surface area (Å²) in [5, 5.41) is 54.8. The second-order valence-electron chi connectivity index (χ2n) is 12.7. The van der Waals surface area contributed by atoms with Crippen LogP contribution in [0.5, 0.6) is 5.75 Å². The molecule has 3 aliphatic carbocycles. The van der Waals surface area contributed by atoms with Crippen molar-refractivity contribution in [1.82, 2.24) is 4.98 Å². The average Bonchev–Trinajstić information content (AvgIpc) is 3.03. The maximum Gasteiger partial charge on any atom is 0.229 e. The molecule has 0 radical (unpaired) electrons. The molecule has 1 saturated heterocycles. The number of ether oxygens (including phenoxy) is 2. The van der Waals surface area contributed by atoms with Crippen molar-refractivity contribution in [2.75, 3.05) is 12.3 Å². The van der Waals surface area contributed by atoms with Crippen LogP contribution in [-0.2, 0) is 11.2 Å². The number of rotatable bonds is 8. The second-order valence-corrected chi connectivity index (χ2v) is 12.7. The van der Waals surface area contributed by atoms with Crippen LogP contribution < -0.4 is 10.5 Å². The van der Waals surface area contributed by atoms with Gasteiger partial charge in [0.15, 0.2) is 11.6 Å². The first-order valence-electron chi connectivity index (χ1n) is 15.6. The quantitative estimate of drug-likeness (QED) is 0.254. The minimum atomic E-state index is -2.18. The fraction of sp³-hybridized carbons (Fsp3) is 0.500. The largest absolute Gasteiger partial charge is 0.511 e. The number of aryl methyl sites for hydroxylation is 1. The highest BCUT2D eigenvalue weighted by molar-refractivity contribution is 6.19. The third-order valence-corrected chi connectivity index (χ3v) is 9.80. The monoisotopic (exact) mass is 620 g/mol. The Morgan fingerprint density at radius 1 is 1.07 bits per heavy atom. The Hall–Kier alpha value is -3.61. The van der Waals surface area contributed by atoms with Gasteiger partial charge in [-0.1, -0.05) is 50.3 Å². The van der Waals surface area contributed by atoms with E-state index in [4.69, 9.17) is 15.2 Å². The van der Waals surface area contributed by atoms with Crippen molar-refractivity contribution in [3.8, 4) is 5.75 Å². The normalized spacial score (nSPS) is 31.9. The van der Waals surface area contributed by atoms with Crippen LogP contribution in [0, 0.1) is 17.8 Å². The number of allylic oxidation sites excluding steroid dienone is 4. The molecule has 11 nitrogen and oxygen atoms in total. The van der Waals surface area contributed by atoms with E-state index in [9.17, 15) is 35.1 Å². The molecule has 11 heteroatoms. The number of carbonyl (C=O) groups is 2. The lowest BCUT2D eigenvalue weighted by molar-refractivity contribution is -0.315. The molecule has 2 aromatic rings. The SMILES string of the molecule is Nc1cc(CCC2(O)C(O)C(CO)OC(Oc3cccc4c3C(=O)C3C(O)=CC(CC5CCCCC5)=CC3C4=O)C2O)ccn1. The fourth-order valence-electron chi connectivity index (χ4n) is 7.34. The maximum absolute atomic E-state index is 13.9. The van der Waals surface area contributed by atoms with Crippen LogP contribution in [0.2, 0.25) is 0 Å². The summed E-state index contributed by atoms with van der Waals surface area (Å²) in [5.41, 5.74) is 5.19. The van der Waals surface area contributed by atoms with E-state index in [1.807, 2.05) is 6.08 Å². The molecule has 1 aromatic carbocycles. The molecule has 0 spiro atoms. The van der Waals surface area contributed by atoms with Gasteiger partial charge in [-0.05, 0) is 60.6 Å². The Kier molecular flexibility index (Phi) is 8.82. The van der Waals surface area contributed by atoms with Gasteiger partial charge in [0.1, 0.15) is 41.2 Å². The van der Waals surface area contributed by atoms with Crippen molar-refractivity contribution >= 4 is 17.4 Å². The van der Waals surface area contributed by atoms with Gasteiger partial charge in [0.05, 0.1) is 24.0 Å². The number of hydrogen-bond acceptors (Lipinski definition) is 11. The number of ketones is 2. The number of nitrogen functional groups attached to an aromatic ring is 1. The van der Waals surface area contributed by atoms with E-state index in [2.05, 4.69) is 4.98 Å². The van der Waals surface area contributed by atoms with Crippen LogP contribution >= 0.6 is 0 Å². The number of nitrogens with two attached hydrogens (primary N) is 1. The number of anilines is 1. The lowest BCUT2D eigenvalue weighted by atomic mass is 9.69. The number of aliphatic hydroxyl groups excluding tert-OH is 4. The second kappa shape index (κ2) is 12.6. The third kappa shape index (κ3) is 5.91. The van der Waals surface area contributed by atoms with E-state index in [0.717, 1.165) is 24.8 Å². The number of pyridine rings is 1. The van der Waals surface area contributed by atoms with E-state index in [-0.39, 0.29) is 47.1 Å². The number of aromatic nitrogens is 1. The van der Waals surface area contributed by atoms with Gasteiger partial charge < -0.3 is 40.7 Å². The first-order chi connectivity index (χ1) is 21.6. The molecule has 0 bridgehead atoms. The van der Waals surface area contributed by atoms with Crippen LogP contribution in [0.3, 0.4) is 0 Å². The van der Waals surface area contributed by atoms with Gasteiger partial charge in [0.2, 0.25) is 6.29 Å². The number of hydrogen-bond donors (Lipinski definition) is 6. The van der Waals surface area contributed by atoms with Crippen molar-refractivity contribution < 1.29 is 44.6 Å². The number of fused-ring (bicyclic) bond motifs is 2. The van der Waals surface area contributed by atoms with Gasteiger partial charge in [-0.3, -0.25) is 9.59 Å². The van der Waals surface area contributed by atoms with Crippen molar-refractivity contribution in [2.45, 2.75) is 81.6 Å². The minimum absolute atomic E-state index is 0.0638. The van der Waals surface area contributed by atoms with Crippen LogP contribution in [0.1, 0.15) is 71.2 Å². The summed E-state index contributed by atoms with van der Waals surface area (Å²) in [4.78, 5) is 31.6. The summed E-state index contributed by atoms with van der Waals surface area (Å²) in [6.45, 7) is -0.694. The fourth-order valence-corrected chi connectivity index (χ4v) is 7.34. The van der Waals surface area contributed by atoms with Gasteiger partial charge >= 0.3 is 0 Å². The van der Waals surface area contributed by atoms with E-state index in [1.165, 1.54) is 37.6 Å². The Balaban J connectivity index is 1.26. The zero-order valence-corrected chi connectivity index (χ0v) is 24.9. The van der Waals surface area contributed by atoms with Crippen molar-refractivity contribution in [3.63, 3.8) is 0 Å². The highest BCUT2D eigenvalue weighted by Crippen LogP contribution is 2.44. The van der Waals surface area contributed by atoms with Gasteiger partial charge in [-0.15, -0.1) is 0 Å². The summed E-state index contributed by atoms with van der Waals surface area (Å²) < 4.78 is 11.7. The predicted octanol–water partition coefficient (Wildman–Crippen LogP) is 2.81. The summed E-state index contributed by atoms with van der Waals surface area (Å²) in [5.74, 6) is -2.31. The Morgan fingerprint density at radius 3 is 2.58 bits per heavy atom. The van der Waals surface area contributed by atoms with E-state index in [0.29, 0.717) is 11.5 Å². The lowest BCUT2D eigenvalue weighted by Crippen LogP contribution is -2.68. The van der Waals surface area contributed by atoms with Crippen LogP contribution in [0.15, 0.2) is 60.0 Å². The molecule has 45 heavy (non-hydrogen) atoms. The molecule has 1 aromatic heterocycles. The molecular formula is C34H40N2O9. The number of aliphatic hydroxyl groups is 5. The molecular weight excluding hydrogens is 580 g/mol. The Morgan fingerprint density at radius 2 is 1.84 bits per heavy atom. The molecule has 2 heterocycles. The first kappa shape index (κ1) is 31.4. The van der Waals surface area contributed by atoms with Crippen LogP contribution in [-0.4, -0.2) is 78.9 Å². The van der Waals surface area contributed by atoms with Gasteiger partial charge in [-0.2, -0.15) is 0 Å². The molecule has 6 rings (SSSR count). The summed E-state index contributed by atoms with van der Waals surface area (Å²) in [6, 6.07) is 7.79. The first-order valence-corrected chi connectivity index (χ1v) is 15.6. The predicted molar refractivity (Wildman–Crippen MR) is 162 cm³/mol. The number of Topliss-reactive ketones (excluding diaryl/α,β-unsaturated/α-hetero) is 2.